The lowest BCUT2D eigenvalue weighted by Crippen LogP contribution is -2.24. The van der Waals surface area contributed by atoms with Crippen molar-refractivity contribution in [1.82, 2.24) is 5.32 Å². The highest BCUT2D eigenvalue weighted by Gasteiger charge is 2.28. The number of alkyl halides is 3. The molecule has 0 unspecified atom stereocenters. The van der Waals surface area contributed by atoms with E-state index >= 15 is 0 Å². The Morgan fingerprint density at radius 2 is 1.59 bits per heavy atom. The maximum absolute atomic E-state index is 13.0. The maximum Gasteiger partial charge on any atom is 0.422 e. The molecule has 180 valence electrons. The predicted molar refractivity (Wildman–Crippen MR) is 117 cm³/mol. The Hall–Kier alpha value is -3.60. The van der Waals surface area contributed by atoms with Crippen molar-refractivity contribution < 1.29 is 35.5 Å². The molecule has 0 heterocycles. The van der Waals surface area contributed by atoms with Gasteiger partial charge in [-0.2, -0.15) is 13.2 Å². The SMILES string of the molecule is O=C(Cc1ccc(NS(=O)(=O)c2ccc(F)cc2)cc1)NCc1cccc(OCC(F)(F)F)c1. The lowest BCUT2D eigenvalue weighted by atomic mass is 10.1. The highest BCUT2D eigenvalue weighted by Crippen LogP contribution is 2.20. The number of halogens is 4. The van der Waals surface area contributed by atoms with Crippen molar-refractivity contribution in [2.24, 2.45) is 0 Å². The summed E-state index contributed by atoms with van der Waals surface area (Å²) < 4.78 is 81.6. The lowest BCUT2D eigenvalue weighted by molar-refractivity contribution is -0.153. The van der Waals surface area contributed by atoms with Crippen LogP contribution in [0.5, 0.6) is 5.75 Å². The van der Waals surface area contributed by atoms with E-state index in [0.29, 0.717) is 11.1 Å². The number of rotatable bonds is 9. The molecule has 0 bridgehead atoms. The summed E-state index contributed by atoms with van der Waals surface area (Å²) in [7, 11) is -3.89. The van der Waals surface area contributed by atoms with Gasteiger partial charge in [0.15, 0.2) is 6.61 Å². The minimum Gasteiger partial charge on any atom is -0.484 e. The molecule has 0 spiro atoms. The largest absolute Gasteiger partial charge is 0.484 e. The van der Waals surface area contributed by atoms with Crippen LogP contribution in [-0.4, -0.2) is 27.1 Å². The Labute approximate surface area is 193 Å². The highest BCUT2D eigenvalue weighted by atomic mass is 32.2. The van der Waals surface area contributed by atoms with Crippen molar-refractivity contribution in [3.8, 4) is 5.75 Å². The summed E-state index contributed by atoms with van der Waals surface area (Å²) in [5.74, 6) is -0.840. The second kappa shape index (κ2) is 10.6. The van der Waals surface area contributed by atoms with Gasteiger partial charge in [-0.05, 0) is 59.7 Å². The Balaban J connectivity index is 1.52. The first-order chi connectivity index (χ1) is 16.0. The summed E-state index contributed by atoms with van der Waals surface area (Å²) in [6, 6.07) is 16.5. The van der Waals surface area contributed by atoms with Crippen LogP contribution in [0.2, 0.25) is 0 Å². The third-order valence-corrected chi connectivity index (χ3v) is 5.88. The number of anilines is 1. The number of carbonyl (C=O) groups is 1. The topological polar surface area (TPSA) is 84.5 Å². The fraction of sp³-hybridized carbons (Fsp3) is 0.174. The van der Waals surface area contributed by atoms with E-state index < -0.39 is 28.6 Å². The van der Waals surface area contributed by atoms with E-state index in [-0.39, 0.29) is 35.2 Å². The summed E-state index contributed by atoms with van der Waals surface area (Å²) >= 11 is 0. The third kappa shape index (κ3) is 7.77. The van der Waals surface area contributed by atoms with Gasteiger partial charge in [0.2, 0.25) is 5.91 Å². The minimum absolute atomic E-state index is 0.00918. The molecule has 0 aliphatic heterocycles. The van der Waals surface area contributed by atoms with Crippen LogP contribution in [0.3, 0.4) is 0 Å². The highest BCUT2D eigenvalue weighted by molar-refractivity contribution is 7.92. The van der Waals surface area contributed by atoms with Gasteiger partial charge in [-0.1, -0.05) is 24.3 Å². The summed E-state index contributed by atoms with van der Waals surface area (Å²) in [6.45, 7) is -1.31. The summed E-state index contributed by atoms with van der Waals surface area (Å²) in [6.07, 6.45) is -4.43. The molecule has 3 rings (SSSR count). The van der Waals surface area contributed by atoms with Crippen LogP contribution in [0.25, 0.3) is 0 Å². The van der Waals surface area contributed by atoms with Gasteiger partial charge in [0.05, 0.1) is 11.3 Å². The van der Waals surface area contributed by atoms with Crippen molar-refractivity contribution in [2.45, 2.75) is 24.0 Å². The second-order valence-corrected chi connectivity index (χ2v) is 8.94. The van der Waals surface area contributed by atoms with Crippen LogP contribution in [-0.2, 0) is 27.8 Å². The monoisotopic (exact) mass is 496 g/mol. The number of ether oxygens (including phenoxy) is 1. The Bertz CT molecular complexity index is 1230. The van der Waals surface area contributed by atoms with Gasteiger partial charge in [-0.25, -0.2) is 12.8 Å². The molecule has 0 fully saturated rings. The number of nitrogens with one attached hydrogen (secondary N) is 2. The molecule has 0 aliphatic rings. The first kappa shape index (κ1) is 25.0. The quantitative estimate of drug-likeness (QED) is 0.430. The van der Waals surface area contributed by atoms with Gasteiger partial charge in [-0.3, -0.25) is 9.52 Å². The van der Waals surface area contributed by atoms with Crippen molar-refractivity contribution in [2.75, 3.05) is 11.3 Å². The zero-order chi connectivity index (χ0) is 24.8. The van der Waals surface area contributed by atoms with E-state index in [9.17, 15) is 30.8 Å². The molecule has 3 aromatic rings. The van der Waals surface area contributed by atoms with Crippen LogP contribution in [0.1, 0.15) is 11.1 Å². The van der Waals surface area contributed by atoms with E-state index in [4.69, 9.17) is 0 Å². The molecule has 0 aliphatic carbocycles. The van der Waals surface area contributed by atoms with E-state index in [2.05, 4.69) is 14.8 Å². The molecule has 0 saturated carbocycles. The molecule has 34 heavy (non-hydrogen) atoms. The number of hydrogen-bond donors (Lipinski definition) is 2. The number of hydrogen-bond acceptors (Lipinski definition) is 4. The number of benzene rings is 3. The zero-order valence-electron chi connectivity index (χ0n) is 17.6. The molecule has 1 amide bonds. The lowest BCUT2D eigenvalue weighted by Gasteiger charge is -2.11. The van der Waals surface area contributed by atoms with Gasteiger partial charge in [-0.15, -0.1) is 0 Å². The fourth-order valence-electron chi connectivity index (χ4n) is 2.88. The molecular weight excluding hydrogens is 476 g/mol. The summed E-state index contributed by atoms with van der Waals surface area (Å²) in [4.78, 5) is 12.1. The fourth-order valence-corrected chi connectivity index (χ4v) is 3.94. The second-order valence-electron chi connectivity index (χ2n) is 7.26. The third-order valence-electron chi connectivity index (χ3n) is 4.49. The molecule has 0 atom stereocenters. The van der Waals surface area contributed by atoms with Gasteiger partial charge >= 0.3 is 6.18 Å². The van der Waals surface area contributed by atoms with E-state index in [1.165, 1.54) is 30.3 Å². The van der Waals surface area contributed by atoms with Crippen molar-refractivity contribution in [1.29, 1.82) is 0 Å². The predicted octanol–water partition coefficient (Wildman–Crippen LogP) is 4.43. The summed E-state index contributed by atoms with van der Waals surface area (Å²) in [5.41, 5.74) is 1.45. The van der Waals surface area contributed by atoms with Crippen molar-refractivity contribution >= 4 is 21.6 Å². The standard InChI is InChI=1S/C23H20F4N2O4S/c24-18-6-10-21(11-7-18)34(31,32)29-19-8-4-16(5-9-19)13-22(30)28-14-17-2-1-3-20(12-17)33-15-23(25,26)27/h1-12,29H,13-15H2,(H,28,30). The zero-order valence-corrected chi connectivity index (χ0v) is 18.4. The normalized spacial score (nSPS) is 11.6. The smallest absolute Gasteiger partial charge is 0.422 e. The molecule has 6 nitrogen and oxygen atoms in total. The number of sulfonamides is 1. The Kier molecular flexibility index (Phi) is 7.77. The average Bonchev–Trinajstić information content (AvgIpc) is 2.78. The molecule has 0 radical (unpaired) electrons. The number of amides is 1. The van der Waals surface area contributed by atoms with Gasteiger partial charge in [0.1, 0.15) is 11.6 Å². The van der Waals surface area contributed by atoms with E-state index in [0.717, 1.165) is 24.3 Å². The van der Waals surface area contributed by atoms with Crippen LogP contribution in [0.15, 0.2) is 77.7 Å². The van der Waals surface area contributed by atoms with E-state index in [1.54, 1.807) is 18.2 Å². The van der Waals surface area contributed by atoms with Crippen molar-refractivity contribution in [3.05, 3.63) is 89.7 Å². The van der Waals surface area contributed by atoms with E-state index in [1.807, 2.05) is 0 Å². The maximum atomic E-state index is 13.0. The molecule has 0 aromatic heterocycles. The van der Waals surface area contributed by atoms with Crippen molar-refractivity contribution in [3.63, 3.8) is 0 Å². The first-order valence-electron chi connectivity index (χ1n) is 9.93. The minimum atomic E-state index is -4.44. The van der Waals surface area contributed by atoms with Crippen LogP contribution in [0.4, 0.5) is 23.2 Å². The van der Waals surface area contributed by atoms with Crippen LogP contribution >= 0.6 is 0 Å². The molecule has 11 heteroatoms. The molecule has 2 N–H and O–H groups in total. The van der Waals surface area contributed by atoms with Gasteiger partial charge in [0, 0.05) is 12.2 Å². The van der Waals surface area contributed by atoms with Gasteiger partial charge < -0.3 is 10.1 Å². The van der Waals surface area contributed by atoms with Crippen LogP contribution in [0, 0.1) is 5.82 Å². The molecular formula is C23H20F4N2O4S. The van der Waals surface area contributed by atoms with Crippen LogP contribution < -0.4 is 14.8 Å². The first-order valence-corrected chi connectivity index (χ1v) is 11.4. The number of carbonyl (C=O) groups excluding carboxylic acids is 1. The summed E-state index contributed by atoms with van der Waals surface area (Å²) in [5, 5.41) is 2.67. The molecule has 3 aromatic carbocycles. The van der Waals surface area contributed by atoms with Gasteiger partial charge in [0.25, 0.3) is 10.0 Å². The Morgan fingerprint density at radius 3 is 2.24 bits per heavy atom. The Morgan fingerprint density at radius 1 is 0.912 bits per heavy atom. The molecule has 0 saturated heterocycles. The average molecular weight is 496 g/mol.